The molecule has 0 amide bonds. The molecule has 0 saturated carbocycles. The van der Waals surface area contributed by atoms with Gasteiger partial charge >= 0.3 is 6.18 Å². The van der Waals surface area contributed by atoms with E-state index in [0.717, 1.165) is 50.4 Å². The largest absolute Gasteiger partial charge is 0.393 e. The zero-order valence-corrected chi connectivity index (χ0v) is 20.7. The molecule has 4 heterocycles. The molecule has 0 unspecified atom stereocenters. The van der Waals surface area contributed by atoms with E-state index in [2.05, 4.69) is 49.4 Å². The maximum absolute atomic E-state index is 12.8. The van der Waals surface area contributed by atoms with Crippen LogP contribution in [0.3, 0.4) is 0 Å². The first-order valence-corrected chi connectivity index (χ1v) is 13.3. The van der Waals surface area contributed by atoms with Gasteiger partial charge < -0.3 is 5.32 Å². The number of alkyl halides is 3. The van der Waals surface area contributed by atoms with E-state index >= 15 is 0 Å². The van der Waals surface area contributed by atoms with Crippen LogP contribution in [-0.4, -0.2) is 58.2 Å². The molecule has 0 radical (unpaired) electrons. The SMILES string of the molecule is FC(F)(F)Cc1cc2c(NC3CCN(Cc4ccc(CN5CCCCC5)cc4)CC3)ncnc2s1. The molecule has 3 aromatic rings. The third kappa shape index (κ3) is 6.71. The van der Waals surface area contributed by atoms with Gasteiger partial charge in [-0.3, -0.25) is 9.80 Å². The van der Waals surface area contributed by atoms with Gasteiger partial charge in [-0.15, -0.1) is 11.3 Å². The molecule has 2 fully saturated rings. The van der Waals surface area contributed by atoms with Crippen LogP contribution in [0.1, 0.15) is 48.1 Å². The van der Waals surface area contributed by atoms with Crippen LogP contribution in [0, 0.1) is 0 Å². The lowest BCUT2D eigenvalue weighted by molar-refractivity contribution is -0.126. The Balaban J connectivity index is 1.12. The van der Waals surface area contributed by atoms with Crippen molar-refractivity contribution in [1.29, 1.82) is 0 Å². The standard InChI is InChI=1S/C26H32F3N5S/c27-26(28,29)15-22-14-23-24(30-18-31-25(23)35-22)32-21-8-12-34(13-9-21)17-20-6-4-19(5-7-20)16-33-10-2-1-3-11-33/h4-7,14,18,21H,1-3,8-13,15-17H2,(H,30,31,32). The van der Waals surface area contributed by atoms with Crippen LogP contribution in [0.5, 0.6) is 0 Å². The smallest absolute Gasteiger partial charge is 0.367 e. The second-order valence-corrected chi connectivity index (χ2v) is 10.9. The van der Waals surface area contributed by atoms with Gasteiger partial charge in [0.05, 0.1) is 11.8 Å². The molecular formula is C26H32F3N5S. The highest BCUT2D eigenvalue weighted by molar-refractivity contribution is 7.18. The van der Waals surface area contributed by atoms with Gasteiger partial charge in [-0.1, -0.05) is 30.7 Å². The summed E-state index contributed by atoms with van der Waals surface area (Å²) < 4.78 is 38.4. The lowest BCUT2D eigenvalue weighted by atomic mass is 10.0. The van der Waals surface area contributed by atoms with Crippen molar-refractivity contribution in [3.63, 3.8) is 0 Å². The summed E-state index contributed by atoms with van der Waals surface area (Å²) in [4.78, 5) is 14.4. The lowest BCUT2D eigenvalue weighted by Gasteiger charge is -2.32. The molecular weight excluding hydrogens is 471 g/mol. The molecule has 9 heteroatoms. The summed E-state index contributed by atoms with van der Waals surface area (Å²) in [6.45, 7) is 6.38. The predicted octanol–water partition coefficient (Wildman–Crippen LogP) is 5.86. The number of anilines is 1. The monoisotopic (exact) mass is 503 g/mol. The Morgan fingerprint density at radius 2 is 1.51 bits per heavy atom. The number of likely N-dealkylation sites (tertiary alicyclic amines) is 2. The first-order valence-electron chi connectivity index (χ1n) is 12.5. The van der Waals surface area contributed by atoms with Gasteiger partial charge in [-0.2, -0.15) is 13.2 Å². The maximum Gasteiger partial charge on any atom is 0.393 e. The number of piperidine rings is 2. The average Bonchev–Trinajstić information content (AvgIpc) is 3.24. The highest BCUT2D eigenvalue weighted by Gasteiger charge is 2.29. The Labute approximate surface area is 208 Å². The quantitative estimate of drug-likeness (QED) is 0.438. The van der Waals surface area contributed by atoms with Crippen molar-refractivity contribution < 1.29 is 13.2 Å². The minimum absolute atomic E-state index is 0.252. The van der Waals surface area contributed by atoms with E-state index in [1.807, 2.05) is 0 Å². The second kappa shape index (κ2) is 10.8. The number of thiophene rings is 1. The zero-order valence-electron chi connectivity index (χ0n) is 19.9. The van der Waals surface area contributed by atoms with Crippen LogP contribution in [0.2, 0.25) is 0 Å². The van der Waals surface area contributed by atoms with Crippen molar-refractivity contribution in [2.45, 2.75) is 63.8 Å². The molecule has 2 saturated heterocycles. The van der Waals surface area contributed by atoms with Crippen LogP contribution < -0.4 is 5.32 Å². The van der Waals surface area contributed by atoms with E-state index < -0.39 is 12.6 Å². The molecule has 0 aliphatic carbocycles. The lowest BCUT2D eigenvalue weighted by Crippen LogP contribution is -2.38. The third-order valence-corrected chi connectivity index (χ3v) is 8.01. The van der Waals surface area contributed by atoms with Crippen molar-refractivity contribution in [3.8, 4) is 0 Å². The summed E-state index contributed by atoms with van der Waals surface area (Å²) in [6, 6.07) is 10.9. The molecule has 5 rings (SSSR count). The molecule has 5 nitrogen and oxygen atoms in total. The maximum atomic E-state index is 12.8. The van der Waals surface area contributed by atoms with Crippen molar-refractivity contribution in [2.75, 3.05) is 31.5 Å². The van der Waals surface area contributed by atoms with Crippen LogP contribution in [0.4, 0.5) is 19.0 Å². The zero-order chi connectivity index (χ0) is 24.3. The normalized spacial score (nSPS) is 18.8. The van der Waals surface area contributed by atoms with Crippen LogP contribution in [-0.2, 0) is 19.5 Å². The van der Waals surface area contributed by atoms with E-state index in [1.54, 1.807) is 6.07 Å². The fourth-order valence-electron chi connectivity index (χ4n) is 5.12. The Morgan fingerprint density at radius 3 is 2.14 bits per heavy atom. The van der Waals surface area contributed by atoms with Gasteiger partial charge in [0.25, 0.3) is 0 Å². The highest BCUT2D eigenvalue weighted by atomic mass is 32.1. The van der Waals surface area contributed by atoms with E-state index in [-0.39, 0.29) is 10.9 Å². The first-order chi connectivity index (χ1) is 16.9. The van der Waals surface area contributed by atoms with Crippen LogP contribution >= 0.6 is 11.3 Å². The van der Waals surface area contributed by atoms with Crippen LogP contribution in [0.25, 0.3) is 10.2 Å². The minimum atomic E-state index is -4.22. The Bertz CT molecular complexity index is 1100. The van der Waals surface area contributed by atoms with Crippen molar-refractivity contribution in [2.24, 2.45) is 0 Å². The van der Waals surface area contributed by atoms with E-state index in [1.165, 1.54) is 49.8 Å². The highest BCUT2D eigenvalue weighted by Crippen LogP contribution is 2.33. The number of rotatable bonds is 7. The predicted molar refractivity (Wildman–Crippen MR) is 135 cm³/mol. The summed E-state index contributed by atoms with van der Waals surface area (Å²) in [5, 5.41) is 4.16. The average molecular weight is 504 g/mol. The van der Waals surface area contributed by atoms with Crippen LogP contribution in [0.15, 0.2) is 36.7 Å². The number of fused-ring (bicyclic) bond motifs is 1. The molecule has 1 aromatic carbocycles. The summed E-state index contributed by atoms with van der Waals surface area (Å²) in [5.74, 6) is 0.641. The van der Waals surface area contributed by atoms with Gasteiger partial charge in [-0.05, 0) is 56.0 Å². The molecule has 1 N–H and O–H groups in total. The molecule has 0 atom stereocenters. The van der Waals surface area contributed by atoms with Gasteiger partial charge in [0.1, 0.15) is 17.0 Å². The number of hydrogen-bond acceptors (Lipinski definition) is 6. The number of nitrogens with zero attached hydrogens (tertiary/aromatic N) is 4. The fraction of sp³-hybridized carbons (Fsp3) is 0.538. The number of benzene rings is 1. The van der Waals surface area contributed by atoms with E-state index in [0.29, 0.717) is 16.0 Å². The summed E-state index contributed by atoms with van der Waals surface area (Å²) in [5.41, 5.74) is 2.73. The number of aromatic nitrogens is 2. The first kappa shape index (κ1) is 24.5. The molecule has 2 aliphatic rings. The van der Waals surface area contributed by atoms with Crippen molar-refractivity contribution in [3.05, 3.63) is 52.7 Å². The number of hydrogen-bond donors (Lipinski definition) is 1. The molecule has 0 bridgehead atoms. The Kier molecular flexibility index (Phi) is 7.55. The molecule has 2 aliphatic heterocycles. The summed E-state index contributed by atoms with van der Waals surface area (Å²) in [6.07, 6.45) is 2.23. The van der Waals surface area contributed by atoms with Gasteiger partial charge in [0, 0.05) is 37.1 Å². The van der Waals surface area contributed by atoms with Gasteiger partial charge in [0.2, 0.25) is 0 Å². The molecule has 188 valence electrons. The number of nitrogens with one attached hydrogen (secondary N) is 1. The Hall–Kier alpha value is -2.23. The molecule has 0 spiro atoms. The van der Waals surface area contributed by atoms with Crippen molar-refractivity contribution >= 4 is 27.4 Å². The van der Waals surface area contributed by atoms with Gasteiger partial charge in [-0.25, -0.2) is 9.97 Å². The second-order valence-electron chi connectivity index (χ2n) is 9.79. The summed E-state index contributed by atoms with van der Waals surface area (Å²) in [7, 11) is 0. The third-order valence-electron chi connectivity index (χ3n) is 6.97. The fourth-order valence-corrected chi connectivity index (χ4v) is 6.14. The van der Waals surface area contributed by atoms with E-state index in [9.17, 15) is 13.2 Å². The Morgan fingerprint density at radius 1 is 0.886 bits per heavy atom. The summed E-state index contributed by atoms with van der Waals surface area (Å²) >= 11 is 1.09. The molecule has 35 heavy (non-hydrogen) atoms. The molecule has 2 aromatic heterocycles. The topological polar surface area (TPSA) is 44.3 Å². The van der Waals surface area contributed by atoms with E-state index in [4.69, 9.17) is 0 Å². The van der Waals surface area contributed by atoms with Crippen molar-refractivity contribution in [1.82, 2.24) is 19.8 Å². The minimum Gasteiger partial charge on any atom is -0.367 e. The van der Waals surface area contributed by atoms with Gasteiger partial charge in [0.15, 0.2) is 0 Å². The number of halogens is 3.